The first-order valence-electron chi connectivity index (χ1n) is 5.59. The zero-order valence-corrected chi connectivity index (χ0v) is 10.4. The minimum atomic E-state index is -0.900. The fraction of sp³-hybridized carbons (Fsp3) is 0.818. The molecule has 0 radical (unpaired) electrons. The molecule has 0 aromatic carbocycles. The second-order valence-corrected chi connectivity index (χ2v) is 4.70. The van der Waals surface area contributed by atoms with E-state index in [1.165, 1.54) is 0 Å². The zero-order valence-electron chi connectivity index (χ0n) is 10.4. The Kier molecular flexibility index (Phi) is 6.53. The average Bonchev–Trinajstić information content (AvgIpc) is 2.12. The predicted molar refractivity (Wildman–Crippen MR) is 62.3 cm³/mol. The molecular weight excluding hydrogens is 208 g/mol. The third kappa shape index (κ3) is 7.09. The van der Waals surface area contributed by atoms with Crippen LogP contribution in [0.3, 0.4) is 0 Å². The van der Waals surface area contributed by atoms with Gasteiger partial charge in [0, 0.05) is 12.6 Å². The van der Waals surface area contributed by atoms with E-state index in [9.17, 15) is 9.59 Å². The third-order valence-corrected chi connectivity index (χ3v) is 2.19. The fourth-order valence-electron chi connectivity index (χ4n) is 1.16. The van der Waals surface area contributed by atoms with Crippen molar-refractivity contribution < 1.29 is 14.7 Å². The first-order chi connectivity index (χ1) is 7.32. The largest absolute Gasteiger partial charge is 0.481 e. The van der Waals surface area contributed by atoms with E-state index in [0.29, 0.717) is 12.5 Å². The Morgan fingerprint density at radius 3 is 2.12 bits per heavy atom. The van der Waals surface area contributed by atoms with E-state index in [1.54, 1.807) is 0 Å². The molecule has 0 fully saturated rings. The quantitative estimate of drug-likeness (QED) is 0.646. The molecule has 1 unspecified atom stereocenters. The predicted octanol–water partition coefficient (Wildman–Crippen LogP) is 1.44. The van der Waals surface area contributed by atoms with E-state index in [1.807, 2.05) is 27.7 Å². The third-order valence-electron chi connectivity index (χ3n) is 2.19. The van der Waals surface area contributed by atoms with Gasteiger partial charge in [-0.2, -0.15) is 0 Å². The molecule has 0 aliphatic rings. The molecule has 0 saturated heterocycles. The summed E-state index contributed by atoms with van der Waals surface area (Å²) in [6.07, 6.45) is -0.0488. The zero-order chi connectivity index (χ0) is 12.7. The van der Waals surface area contributed by atoms with Crippen LogP contribution in [0.1, 0.15) is 34.1 Å². The molecule has 5 heteroatoms. The number of carboxylic acid groups (broad SMARTS) is 1. The van der Waals surface area contributed by atoms with Gasteiger partial charge in [-0.25, -0.2) is 4.79 Å². The Balaban J connectivity index is 4.08. The lowest BCUT2D eigenvalue weighted by Gasteiger charge is -2.21. The highest BCUT2D eigenvalue weighted by molar-refractivity contribution is 5.75. The normalized spacial score (nSPS) is 12.6. The summed E-state index contributed by atoms with van der Waals surface area (Å²) in [5, 5.41) is 14.1. The number of urea groups is 1. The highest BCUT2D eigenvalue weighted by atomic mass is 16.4. The Bertz CT molecular complexity index is 239. The van der Waals surface area contributed by atoms with E-state index in [-0.39, 0.29) is 24.4 Å². The summed E-state index contributed by atoms with van der Waals surface area (Å²) < 4.78 is 0. The molecule has 5 nitrogen and oxygen atoms in total. The molecule has 16 heavy (non-hydrogen) atoms. The maximum Gasteiger partial charge on any atom is 0.315 e. The standard InChI is InChI=1S/C11H22N2O3/c1-7(2)6-12-11(16)13-9(8(3)4)5-10(14)15/h7-9H,5-6H2,1-4H3,(H,14,15)(H2,12,13,16). The topological polar surface area (TPSA) is 78.4 Å². The van der Waals surface area contributed by atoms with Crippen molar-refractivity contribution in [3.63, 3.8) is 0 Å². The van der Waals surface area contributed by atoms with Crippen LogP contribution in [-0.2, 0) is 4.79 Å². The molecule has 0 bridgehead atoms. The van der Waals surface area contributed by atoms with Crippen LogP contribution in [0.4, 0.5) is 4.79 Å². The van der Waals surface area contributed by atoms with E-state index >= 15 is 0 Å². The van der Waals surface area contributed by atoms with Gasteiger partial charge in [0.2, 0.25) is 0 Å². The molecule has 0 heterocycles. The number of carbonyl (C=O) groups is 2. The molecule has 1 atom stereocenters. The smallest absolute Gasteiger partial charge is 0.315 e. The van der Waals surface area contributed by atoms with Crippen molar-refractivity contribution >= 4 is 12.0 Å². The second kappa shape index (κ2) is 7.09. The van der Waals surface area contributed by atoms with Crippen molar-refractivity contribution in [3.05, 3.63) is 0 Å². The summed E-state index contributed by atoms with van der Waals surface area (Å²) in [7, 11) is 0. The molecule has 0 saturated carbocycles. The van der Waals surface area contributed by atoms with Crippen molar-refractivity contribution in [2.24, 2.45) is 11.8 Å². The highest BCUT2D eigenvalue weighted by Gasteiger charge is 2.19. The number of nitrogens with one attached hydrogen (secondary N) is 2. The van der Waals surface area contributed by atoms with Crippen LogP contribution in [0.2, 0.25) is 0 Å². The Morgan fingerprint density at radius 1 is 1.19 bits per heavy atom. The van der Waals surface area contributed by atoms with Crippen molar-refractivity contribution in [1.29, 1.82) is 0 Å². The van der Waals surface area contributed by atoms with Crippen molar-refractivity contribution in [2.75, 3.05) is 6.54 Å². The van der Waals surface area contributed by atoms with Gasteiger partial charge >= 0.3 is 12.0 Å². The molecule has 0 aromatic rings. The Labute approximate surface area is 96.6 Å². The van der Waals surface area contributed by atoms with E-state index in [4.69, 9.17) is 5.11 Å². The van der Waals surface area contributed by atoms with Crippen molar-refractivity contribution in [2.45, 2.75) is 40.2 Å². The lowest BCUT2D eigenvalue weighted by molar-refractivity contribution is -0.137. The summed E-state index contributed by atoms with van der Waals surface area (Å²) in [5.74, 6) is -0.425. The van der Waals surface area contributed by atoms with E-state index in [2.05, 4.69) is 10.6 Å². The molecule has 0 aromatic heterocycles. The van der Waals surface area contributed by atoms with Crippen LogP contribution in [0.15, 0.2) is 0 Å². The van der Waals surface area contributed by atoms with Crippen LogP contribution in [0.5, 0.6) is 0 Å². The minimum absolute atomic E-state index is 0.0488. The highest BCUT2D eigenvalue weighted by Crippen LogP contribution is 2.05. The van der Waals surface area contributed by atoms with Crippen LogP contribution in [0, 0.1) is 11.8 Å². The summed E-state index contributed by atoms with van der Waals surface area (Å²) in [5.41, 5.74) is 0. The van der Waals surface area contributed by atoms with E-state index < -0.39 is 5.97 Å². The van der Waals surface area contributed by atoms with Crippen LogP contribution >= 0.6 is 0 Å². The molecular formula is C11H22N2O3. The van der Waals surface area contributed by atoms with Gasteiger partial charge in [0.15, 0.2) is 0 Å². The number of aliphatic carboxylic acids is 1. The first kappa shape index (κ1) is 14.7. The Hall–Kier alpha value is -1.26. The molecule has 2 amide bonds. The van der Waals surface area contributed by atoms with Crippen molar-refractivity contribution in [3.8, 4) is 0 Å². The fourth-order valence-corrected chi connectivity index (χ4v) is 1.16. The molecule has 0 aliphatic carbocycles. The number of hydrogen-bond donors (Lipinski definition) is 3. The van der Waals surface area contributed by atoms with Gasteiger partial charge in [-0.15, -0.1) is 0 Å². The second-order valence-electron chi connectivity index (χ2n) is 4.70. The summed E-state index contributed by atoms with van der Waals surface area (Å²) >= 11 is 0. The van der Waals surface area contributed by atoms with Gasteiger partial charge in [0.05, 0.1) is 6.42 Å². The molecule has 0 aliphatic heterocycles. The van der Waals surface area contributed by atoms with Crippen LogP contribution < -0.4 is 10.6 Å². The molecule has 0 rings (SSSR count). The lowest BCUT2D eigenvalue weighted by atomic mass is 10.0. The summed E-state index contributed by atoms with van der Waals surface area (Å²) in [4.78, 5) is 22.0. The van der Waals surface area contributed by atoms with E-state index in [0.717, 1.165) is 0 Å². The van der Waals surface area contributed by atoms with Gasteiger partial charge in [0.25, 0.3) is 0 Å². The van der Waals surface area contributed by atoms with Crippen LogP contribution in [-0.4, -0.2) is 29.7 Å². The van der Waals surface area contributed by atoms with Gasteiger partial charge in [-0.3, -0.25) is 4.79 Å². The summed E-state index contributed by atoms with van der Waals surface area (Å²) in [6.45, 7) is 8.35. The molecule has 94 valence electrons. The number of carbonyl (C=O) groups excluding carboxylic acids is 1. The maximum atomic E-state index is 11.4. The SMILES string of the molecule is CC(C)CNC(=O)NC(CC(=O)O)C(C)C. The van der Waals surface area contributed by atoms with Gasteiger partial charge in [0.1, 0.15) is 0 Å². The van der Waals surface area contributed by atoms with Gasteiger partial charge < -0.3 is 15.7 Å². The maximum absolute atomic E-state index is 11.4. The molecule has 0 spiro atoms. The molecule has 3 N–H and O–H groups in total. The van der Waals surface area contributed by atoms with Crippen molar-refractivity contribution in [1.82, 2.24) is 10.6 Å². The van der Waals surface area contributed by atoms with Gasteiger partial charge in [-0.05, 0) is 11.8 Å². The summed E-state index contributed by atoms with van der Waals surface area (Å²) in [6, 6.07) is -0.627. The number of carboxylic acids is 1. The minimum Gasteiger partial charge on any atom is -0.481 e. The average molecular weight is 230 g/mol. The lowest BCUT2D eigenvalue weighted by Crippen LogP contribution is -2.46. The number of rotatable bonds is 6. The number of hydrogen-bond acceptors (Lipinski definition) is 2. The Morgan fingerprint density at radius 2 is 1.75 bits per heavy atom. The van der Waals surface area contributed by atoms with Gasteiger partial charge in [-0.1, -0.05) is 27.7 Å². The number of amides is 2. The first-order valence-corrected chi connectivity index (χ1v) is 5.59. The monoisotopic (exact) mass is 230 g/mol. The van der Waals surface area contributed by atoms with Crippen LogP contribution in [0.25, 0.3) is 0 Å².